The maximum atomic E-state index is 13.7. The van der Waals surface area contributed by atoms with Crippen LogP contribution in [0, 0.1) is 5.82 Å². The fourth-order valence-corrected chi connectivity index (χ4v) is 1.48. The molecular formula is C11H10ClF4NO3. The van der Waals surface area contributed by atoms with E-state index in [-0.39, 0.29) is 18.2 Å². The molecule has 0 aliphatic rings. The zero-order valence-corrected chi connectivity index (χ0v) is 11.0. The van der Waals surface area contributed by atoms with E-state index in [9.17, 15) is 22.4 Å². The van der Waals surface area contributed by atoms with Crippen molar-refractivity contribution in [1.82, 2.24) is 4.98 Å². The summed E-state index contributed by atoms with van der Waals surface area (Å²) >= 11 is 5.39. The van der Waals surface area contributed by atoms with Gasteiger partial charge in [-0.15, -0.1) is 24.8 Å². The van der Waals surface area contributed by atoms with E-state index in [2.05, 4.69) is 14.5 Å². The van der Waals surface area contributed by atoms with Gasteiger partial charge in [0.05, 0.1) is 30.2 Å². The van der Waals surface area contributed by atoms with Gasteiger partial charge >= 0.3 is 12.3 Å². The van der Waals surface area contributed by atoms with Crippen molar-refractivity contribution in [3.8, 4) is 5.88 Å². The molecule has 0 bridgehead atoms. The zero-order valence-electron chi connectivity index (χ0n) is 10.3. The van der Waals surface area contributed by atoms with E-state index < -0.39 is 36.0 Å². The van der Waals surface area contributed by atoms with Crippen molar-refractivity contribution in [3.63, 3.8) is 0 Å². The average Bonchev–Trinajstić information content (AvgIpc) is 2.31. The lowest BCUT2D eigenvalue weighted by Crippen LogP contribution is -2.21. The number of carbonyl (C=O) groups excluding carboxylic acids is 1. The Morgan fingerprint density at radius 2 is 2.10 bits per heavy atom. The highest BCUT2D eigenvalue weighted by Crippen LogP contribution is 2.28. The van der Waals surface area contributed by atoms with Crippen LogP contribution in [0.4, 0.5) is 17.6 Å². The Hall–Kier alpha value is -1.57. The number of rotatable bonds is 5. The summed E-state index contributed by atoms with van der Waals surface area (Å²) in [6.45, 7) is 1.53. The zero-order chi connectivity index (χ0) is 15.3. The van der Waals surface area contributed by atoms with E-state index in [0.717, 1.165) is 6.07 Å². The van der Waals surface area contributed by atoms with Crippen molar-refractivity contribution in [2.45, 2.75) is 25.6 Å². The molecule has 112 valence electrons. The molecular weight excluding hydrogens is 306 g/mol. The number of carbonyl (C=O) groups is 1. The maximum absolute atomic E-state index is 13.7. The van der Waals surface area contributed by atoms with Crippen LogP contribution in [0.2, 0.25) is 0 Å². The minimum absolute atomic E-state index is 0.0170. The molecule has 9 heteroatoms. The van der Waals surface area contributed by atoms with Crippen molar-refractivity contribution in [2.75, 3.05) is 6.61 Å². The lowest BCUT2D eigenvalue weighted by molar-refractivity contribution is -0.276. The molecule has 4 nitrogen and oxygen atoms in total. The number of halogens is 5. The second kappa shape index (κ2) is 6.74. The number of hydrogen-bond donors (Lipinski definition) is 0. The van der Waals surface area contributed by atoms with E-state index in [1.165, 1.54) is 6.92 Å². The normalized spacial score (nSPS) is 11.3. The number of nitrogens with zero attached hydrogens (tertiary/aromatic N) is 1. The highest BCUT2D eigenvalue weighted by atomic mass is 35.5. The highest BCUT2D eigenvalue weighted by Gasteiger charge is 2.34. The van der Waals surface area contributed by atoms with E-state index in [4.69, 9.17) is 11.6 Å². The topological polar surface area (TPSA) is 48.4 Å². The summed E-state index contributed by atoms with van der Waals surface area (Å²) in [6, 6.07) is 0.838. The van der Waals surface area contributed by atoms with Crippen molar-refractivity contribution in [1.29, 1.82) is 0 Å². The first kappa shape index (κ1) is 16.5. The Labute approximate surface area is 116 Å². The third-order valence-electron chi connectivity index (χ3n) is 2.06. The molecule has 1 heterocycles. The molecule has 0 amide bonds. The average molecular weight is 316 g/mol. The third kappa shape index (κ3) is 4.84. The molecule has 1 aromatic rings. The Kier molecular flexibility index (Phi) is 5.55. The Bertz CT molecular complexity index is 493. The number of aromatic nitrogens is 1. The van der Waals surface area contributed by atoms with Gasteiger partial charge in [0.1, 0.15) is 5.82 Å². The van der Waals surface area contributed by atoms with E-state index in [1.807, 2.05) is 0 Å². The minimum atomic E-state index is -5.06. The largest absolute Gasteiger partial charge is 0.574 e. The van der Waals surface area contributed by atoms with Crippen LogP contribution in [-0.4, -0.2) is 23.9 Å². The molecule has 0 atom stereocenters. The molecule has 0 saturated heterocycles. The predicted octanol–water partition coefficient (Wildman–Crippen LogP) is 2.96. The first-order chi connectivity index (χ1) is 9.26. The van der Waals surface area contributed by atoms with Gasteiger partial charge in [-0.05, 0) is 13.0 Å². The molecule has 0 fully saturated rings. The quantitative estimate of drug-likeness (QED) is 0.476. The predicted molar refractivity (Wildman–Crippen MR) is 60.8 cm³/mol. The summed E-state index contributed by atoms with van der Waals surface area (Å²) in [5.74, 6) is -3.30. The van der Waals surface area contributed by atoms with Crippen LogP contribution in [0.25, 0.3) is 0 Å². The number of esters is 1. The van der Waals surface area contributed by atoms with Crippen LogP contribution in [-0.2, 0) is 21.8 Å². The third-order valence-corrected chi connectivity index (χ3v) is 2.33. The van der Waals surface area contributed by atoms with Crippen LogP contribution in [0.1, 0.15) is 18.2 Å². The van der Waals surface area contributed by atoms with E-state index in [1.54, 1.807) is 0 Å². The molecule has 0 saturated carbocycles. The van der Waals surface area contributed by atoms with E-state index >= 15 is 0 Å². The van der Waals surface area contributed by atoms with Crippen molar-refractivity contribution < 1.29 is 31.8 Å². The van der Waals surface area contributed by atoms with Gasteiger partial charge in [0.15, 0.2) is 0 Å². The van der Waals surface area contributed by atoms with Crippen molar-refractivity contribution in [3.05, 3.63) is 23.1 Å². The summed E-state index contributed by atoms with van der Waals surface area (Å²) in [7, 11) is 0. The number of pyridine rings is 1. The van der Waals surface area contributed by atoms with Crippen LogP contribution < -0.4 is 4.74 Å². The molecule has 0 N–H and O–H groups in total. The summed E-state index contributed by atoms with van der Waals surface area (Å²) in [5.41, 5.74) is -0.773. The van der Waals surface area contributed by atoms with Crippen LogP contribution in [0.5, 0.6) is 5.88 Å². The molecule has 0 spiro atoms. The molecule has 0 radical (unpaired) electrons. The number of alkyl halides is 4. The Morgan fingerprint density at radius 1 is 1.45 bits per heavy atom. The summed E-state index contributed by atoms with van der Waals surface area (Å²) in [4.78, 5) is 14.7. The minimum Gasteiger partial charge on any atom is -0.466 e. The SMILES string of the molecule is CCOC(=O)Cc1c(F)cc(CCl)nc1OC(F)(F)F. The molecule has 1 aromatic heterocycles. The highest BCUT2D eigenvalue weighted by molar-refractivity contribution is 6.16. The lowest BCUT2D eigenvalue weighted by atomic mass is 10.1. The monoisotopic (exact) mass is 315 g/mol. The van der Waals surface area contributed by atoms with Crippen LogP contribution in [0.15, 0.2) is 6.07 Å². The first-order valence-electron chi connectivity index (χ1n) is 5.42. The first-order valence-corrected chi connectivity index (χ1v) is 5.96. The second-order valence-corrected chi connectivity index (χ2v) is 3.81. The standard InChI is InChI=1S/C11H10ClF4NO3/c1-2-19-9(18)4-7-8(13)3-6(5-12)17-10(7)20-11(14,15)16/h3H,2,4-5H2,1H3. The number of ether oxygens (including phenoxy) is 2. The summed E-state index contributed by atoms with van der Waals surface area (Å²) < 4.78 is 58.6. The molecule has 20 heavy (non-hydrogen) atoms. The van der Waals surface area contributed by atoms with Crippen LogP contribution >= 0.6 is 11.6 Å². The smallest absolute Gasteiger partial charge is 0.466 e. The Balaban J connectivity index is 3.15. The van der Waals surface area contributed by atoms with Gasteiger partial charge in [0, 0.05) is 0 Å². The van der Waals surface area contributed by atoms with Gasteiger partial charge in [-0.1, -0.05) is 0 Å². The van der Waals surface area contributed by atoms with Crippen molar-refractivity contribution in [2.24, 2.45) is 0 Å². The summed E-state index contributed by atoms with van der Waals surface area (Å²) in [6.07, 6.45) is -5.78. The fourth-order valence-electron chi connectivity index (χ4n) is 1.34. The van der Waals surface area contributed by atoms with Gasteiger partial charge in [-0.3, -0.25) is 4.79 Å². The maximum Gasteiger partial charge on any atom is 0.574 e. The second-order valence-electron chi connectivity index (χ2n) is 3.54. The number of hydrogen-bond acceptors (Lipinski definition) is 4. The summed E-state index contributed by atoms with van der Waals surface area (Å²) in [5, 5.41) is 0. The van der Waals surface area contributed by atoms with Crippen LogP contribution in [0.3, 0.4) is 0 Å². The molecule has 0 aliphatic carbocycles. The molecule has 0 aromatic carbocycles. The molecule has 0 unspecified atom stereocenters. The van der Waals surface area contributed by atoms with E-state index in [0.29, 0.717) is 0 Å². The van der Waals surface area contributed by atoms with Gasteiger partial charge in [-0.25, -0.2) is 9.37 Å². The Morgan fingerprint density at radius 3 is 2.60 bits per heavy atom. The molecule has 0 aliphatic heterocycles. The van der Waals surface area contributed by atoms with Crippen molar-refractivity contribution >= 4 is 17.6 Å². The fraction of sp³-hybridized carbons (Fsp3) is 0.455. The van der Waals surface area contributed by atoms with Gasteiger partial charge in [0.25, 0.3) is 0 Å². The van der Waals surface area contributed by atoms with Gasteiger partial charge < -0.3 is 9.47 Å². The van der Waals surface area contributed by atoms with Gasteiger partial charge in [-0.2, -0.15) is 0 Å². The lowest BCUT2D eigenvalue weighted by Gasteiger charge is -2.13. The van der Waals surface area contributed by atoms with Gasteiger partial charge in [0.2, 0.25) is 5.88 Å². The molecule has 1 rings (SSSR count).